The van der Waals surface area contributed by atoms with Crippen molar-refractivity contribution in [2.45, 2.75) is 6.92 Å². The third kappa shape index (κ3) is 3.80. The molecule has 6 heteroatoms. The molecule has 4 aromatic rings. The first-order valence-corrected chi connectivity index (χ1v) is 9.14. The van der Waals surface area contributed by atoms with E-state index in [2.05, 4.69) is 15.4 Å². The summed E-state index contributed by atoms with van der Waals surface area (Å²) in [5.74, 6) is 0.312. The summed E-state index contributed by atoms with van der Waals surface area (Å²) in [7, 11) is 0. The second-order valence-corrected chi connectivity index (χ2v) is 6.77. The van der Waals surface area contributed by atoms with Crippen LogP contribution in [0.15, 0.2) is 78.9 Å². The van der Waals surface area contributed by atoms with Crippen LogP contribution in [0, 0.1) is 6.92 Å². The molecule has 0 atom stereocenters. The predicted octanol–water partition coefficient (Wildman–Crippen LogP) is 5.15. The van der Waals surface area contributed by atoms with Gasteiger partial charge in [-0.15, -0.1) is 5.10 Å². The first-order valence-electron chi connectivity index (χ1n) is 8.76. The number of para-hydroxylation sites is 1. The molecule has 5 nitrogen and oxygen atoms in total. The minimum atomic E-state index is -0.384. The van der Waals surface area contributed by atoms with Crippen LogP contribution in [-0.4, -0.2) is 20.7 Å². The SMILES string of the molecule is Cc1ccc(-c2nc(C(=O)Nc3ccc(Cl)cc3)nn2-c2ccccc2)cc1. The number of aromatic nitrogens is 3. The molecule has 1 aromatic heterocycles. The molecule has 0 aliphatic carbocycles. The van der Waals surface area contributed by atoms with Crippen molar-refractivity contribution in [3.05, 3.63) is 95.3 Å². The maximum Gasteiger partial charge on any atom is 0.295 e. The van der Waals surface area contributed by atoms with Crippen molar-refractivity contribution in [2.24, 2.45) is 0 Å². The van der Waals surface area contributed by atoms with Crippen LogP contribution in [-0.2, 0) is 0 Å². The number of hydrogen-bond donors (Lipinski definition) is 1. The van der Waals surface area contributed by atoms with Crippen LogP contribution in [0.3, 0.4) is 0 Å². The number of aryl methyl sites for hydroxylation is 1. The first-order chi connectivity index (χ1) is 13.6. The Morgan fingerprint density at radius 1 is 0.929 bits per heavy atom. The van der Waals surface area contributed by atoms with E-state index in [1.807, 2.05) is 61.5 Å². The number of amides is 1. The van der Waals surface area contributed by atoms with E-state index in [-0.39, 0.29) is 11.7 Å². The fourth-order valence-corrected chi connectivity index (χ4v) is 2.89. The van der Waals surface area contributed by atoms with Crippen molar-refractivity contribution in [3.63, 3.8) is 0 Å². The highest BCUT2D eigenvalue weighted by Gasteiger charge is 2.19. The van der Waals surface area contributed by atoms with E-state index in [1.54, 1.807) is 28.9 Å². The molecule has 138 valence electrons. The molecular formula is C22H17ClN4O. The average molecular weight is 389 g/mol. The summed E-state index contributed by atoms with van der Waals surface area (Å²) < 4.78 is 1.68. The average Bonchev–Trinajstić information content (AvgIpc) is 3.16. The first kappa shape index (κ1) is 17.9. The standard InChI is InChI=1S/C22H17ClN4O/c1-15-7-9-16(10-8-15)21-25-20(26-27(21)19-5-3-2-4-6-19)22(28)24-18-13-11-17(23)12-14-18/h2-14H,1H3,(H,24,28). The van der Waals surface area contributed by atoms with E-state index in [9.17, 15) is 4.79 Å². The second-order valence-electron chi connectivity index (χ2n) is 6.33. The normalized spacial score (nSPS) is 10.6. The van der Waals surface area contributed by atoms with Gasteiger partial charge in [-0.2, -0.15) is 0 Å². The van der Waals surface area contributed by atoms with Gasteiger partial charge in [0.1, 0.15) is 0 Å². The monoisotopic (exact) mass is 388 g/mol. The van der Waals surface area contributed by atoms with Gasteiger partial charge in [-0.05, 0) is 43.3 Å². The Morgan fingerprint density at radius 2 is 1.61 bits per heavy atom. The number of halogens is 1. The van der Waals surface area contributed by atoms with E-state index >= 15 is 0 Å². The molecule has 0 unspecified atom stereocenters. The Balaban J connectivity index is 1.73. The number of anilines is 1. The minimum absolute atomic E-state index is 0.0920. The quantitative estimate of drug-likeness (QED) is 0.526. The summed E-state index contributed by atoms with van der Waals surface area (Å²) in [5, 5.41) is 7.87. The van der Waals surface area contributed by atoms with Crippen molar-refractivity contribution in [2.75, 3.05) is 5.32 Å². The molecule has 0 aliphatic heterocycles. The molecule has 0 saturated heterocycles. The number of benzene rings is 3. The topological polar surface area (TPSA) is 59.8 Å². The smallest absolute Gasteiger partial charge is 0.295 e. The summed E-state index contributed by atoms with van der Waals surface area (Å²) in [6, 6.07) is 24.5. The van der Waals surface area contributed by atoms with Crippen LogP contribution in [0.2, 0.25) is 5.02 Å². The molecule has 1 heterocycles. The van der Waals surface area contributed by atoms with E-state index in [4.69, 9.17) is 11.6 Å². The van der Waals surface area contributed by atoms with Gasteiger partial charge >= 0.3 is 0 Å². The number of rotatable bonds is 4. The van der Waals surface area contributed by atoms with Crippen LogP contribution >= 0.6 is 11.6 Å². The molecule has 0 spiro atoms. The van der Waals surface area contributed by atoms with Crippen molar-refractivity contribution >= 4 is 23.2 Å². The molecular weight excluding hydrogens is 372 g/mol. The highest BCUT2D eigenvalue weighted by atomic mass is 35.5. The van der Waals surface area contributed by atoms with Crippen molar-refractivity contribution in [1.29, 1.82) is 0 Å². The number of carbonyl (C=O) groups is 1. The fraction of sp³-hybridized carbons (Fsp3) is 0.0455. The Bertz CT molecular complexity index is 1100. The molecule has 0 saturated carbocycles. The van der Waals surface area contributed by atoms with Crippen LogP contribution < -0.4 is 5.32 Å². The second kappa shape index (κ2) is 7.66. The summed E-state index contributed by atoms with van der Waals surface area (Å²) in [6.45, 7) is 2.02. The van der Waals surface area contributed by atoms with Gasteiger partial charge < -0.3 is 5.32 Å². The molecule has 1 amide bonds. The van der Waals surface area contributed by atoms with Gasteiger partial charge in [-0.25, -0.2) is 9.67 Å². The maximum atomic E-state index is 12.7. The summed E-state index contributed by atoms with van der Waals surface area (Å²) >= 11 is 5.90. The highest BCUT2D eigenvalue weighted by Crippen LogP contribution is 2.22. The van der Waals surface area contributed by atoms with Crippen molar-refractivity contribution < 1.29 is 4.79 Å². The van der Waals surface area contributed by atoms with Gasteiger partial charge in [0.05, 0.1) is 5.69 Å². The molecule has 0 bridgehead atoms. The highest BCUT2D eigenvalue weighted by molar-refractivity contribution is 6.30. The van der Waals surface area contributed by atoms with Crippen molar-refractivity contribution in [3.8, 4) is 17.1 Å². The van der Waals surface area contributed by atoms with E-state index in [0.29, 0.717) is 16.5 Å². The third-order valence-corrected chi connectivity index (χ3v) is 4.47. The molecule has 0 aliphatic rings. The summed E-state index contributed by atoms with van der Waals surface area (Å²) in [4.78, 5) is 17.2. The van der Waals surface area contributed by atoms with Crippen LogP contribution in [0.25, 0.3) is 17.1 Å². The Hall–Kier alpha value is -3.44. The molecule has 0 radical (unpaired) electrons. The zero-order valence-electron chi connectivity index (χ0n) is 15.1. The van der Waals surface area contributed by atoms with Gasteiger partial charge in [0, 0.05) is 16.3 Å². The van der Waals surface area contributed by atoms with Crippen molar-refractivity contribution in [1.82, 2.24) is 14.8 Å². The lowest BCUT2D eigenvalue weighted by atomic mass is 10.1. The zero-order chi connectivity index (χ0) is 19.5. The van der Waals surface area contributed by atoms with Gasteiger partial charge in [-0.1, -0.05) is 59.6 Å². The Kier molecular flexibility index (Phi) is 4.91. The zero-order valence-corrected chi connectivity index (χ0v) is 15.9. The lowest BCUT2D eigenvalue weighted by Gasteiger charge is -2.05. The molecule has 4 rings (SSSR count). The number of nitrogens with one attached hydrogen (secondary N) is 1. The van der Waals surface area contributed by atoms with E-state index in [1.165, 1.54) is 0 Å². The lowest BCUT2D eigenvalue weighted by Crippen LogP contribution is -2.14. The van der Waals surface area contributed by atoms with Gasteiger partial charge in [0.25, 0.3) is 5.91 Å². The Labute approximate surface area is 167 Å². The van der Waals surface area contributed by atoms with Gasteiger partial charge in [0.15, 0.2) is 5.82 Å². The molecule has 28 heavy (non-hydrogen) atoms. The lowest BCUT2D eigenvalue weighted by molar-refractivity contribution is 0.101. The maximum absolute atomic E-state index is 12.7. The Morgan fingerprint density at radius 3 is 2.29 bits per heavy atom. The number of nitrogens with zero attached hydrogens (tertiary/aromatic N) is 3. The molecule has 3 aromatic carbocycles. The number of hydrogen-bond acceptors (Lipinski definition) is 3. The van der Waals surface area contributed by atoms with Crippen LogP contribution in [0.4, 0.5) is 5.69 Å². The number of carbonyl (C=O) groups excluding carboxylic acids is 1. The third-order valence-electron chi connectivity index (χ3n) is 4.22. The van der Waals surface area contributed by atoms with Gasteiger partial charge in [0.2, 0.25) is 5.82 Å². The van der Waals surface area contributed by atoms with Gasteiger partial charge in [-0.3, -0.25) is 4.79 Å². The van der Waals surface area contributed by atoms with E-state index in [0.717, 1.165) is 16.8 Å². The molecule has 0 fully saturated rings. The fourth-order valence-electron chi connectivity index (χ4n) is 2.77. The summed E-state index contributed by atoms with van der Waals surface area (Å²) in [6.07, 6.45) is 0. The van der Waals surface area contributed by atoms with Crippen LogP contribution in [0.1, 0.15) is 16.2 Å². The van der Waals surface area contributed by atoms with E-state index < -0.39 is 0 Å². The molecule has 1 N–H and O–H groups in total. The minimum Gasteiger partial charge on any atom is -0.319 e. The predicted molar refractivity (Wildman–Crippen MR) is 111 cm³/mol. The van der Waals surface area contributed by atoms with Crippen LogP contribution in [0.5, 0.6) is 0 Å². The largest absolute Gasteiger partial charge is 0.319 e. The summed E-state index contributed by atoms with van der Waals surface area (Å²) in [5.41, 5.74) is 3.49.